The van der Waals surface area contributed by atoms with Crippen LogP contribution in [0.25, 0.3) is 0 Å². The van der Waals surface area contributed by atoms with Gasteiger partial charge in [-0.05, 0) is 0 Å². The van der Waals surface area contributed by atoms with Crippen molar-refractivity contribution in [2.75, 3.05) is 14.2 Å². The van der Waals surface area contributed by atoms with Gasteiger partial charge in [-0.1, -0.05) is 13.8 Å². The van der Waals surface area contributed by atoms with Crippen molar-refractivity contribution < 1.29 is 19.1 Å². The standard InChI is InChI=1S/C11H12N2O4/c1-9(2)10(5-12,7(14)16-3)11(9,6-13)8(15)17-4/h1-4H3/t10-,11+. The van der Waals surface area contributed by atoms with Crippen molar-refractivity contribution in [2.24, 2.45) is 16.2 Å². The van der Waals surface area contributed by atoms with Crippen molar-refractivity contribution in [3.05, 3.63) is 0 Å². The lowest BCUT2D eigenvalue weighted by atomic mass is 9.95. The maximum atomic E-state index is 11.7. The average Bonchev–Trinajstić information content (AvgIpc) is 2.78. The smallest absolute Gasteiger partial charge is 0.329 e. The van der Waals surface area contributed by atoms with E-state index < -0.39 is 28.2 Å². The summed E-state index contributed by atoms with van der Waals surface area (Å²) in [5.41, 5.74) is -4.77. The predicted octanol–water partition coefficient (Wildman–Crippen LogP) is 0.392. The lowest BCUT2D eigenvalue weighted by Crippen LogP contribution is -2.29. The molecule has 2 atom stereocenters. The summed E-state index contributed by atoms with van der Waals surface area (Å²) in [6.07, 6.45) is 0. The van der Waals surface area contributed by atoms with E-state index in [9.17, 15) is 20.1 Å². The highest BCUT2D eigenvalue weighted by atomic mass is 16.5. The molecule has 90 valence electrons. The Morgan fingerprint density at radius 1 is 0.941 bits per heavy atom. The van der Waals surface area contributed by atoms with E-state index in [1.807, 2.05) is 0 Å². The van der Waals surface area contributed by atoms with Gasteiger partial charge in [-0.2, -0.15) is 10.5 Å². The summed E-state index contributed by atoms with van der Waals surface area (Å²) >= 11 is 0. The van der Waals surface area contributed by atoms with E-state index in [4.69, 9.17) is 0 Å². The van der Waals surface area contributed by atoms with Gasteiger partial charge in [-0.3, -0.25) is 9.59 Å². The van der Waals surface area contributed by atoms with Crippen LogP contribution in [-0.4, -0.2) is 26.2 Å². The number of esters is 2. The first kappa shape index (κ1) is 13.0. The van der Waals surface area contributed by atoms with Crippen LogP contribution in [0.2, 0.25) is 0 Å². The third-order valence-corrected chi connectivity index (χ3v) is 3.69. The molecule has 0 amide bonds. The minimum Gasteiger partial charge on any atom is -0.468 e. The Bertz CT molecular complexity index is 429. The zero-order valence-electron chi connectivity index (χ0n) is 10.0. The number of ether oxygens (including phenoxy) is 2. The van der Waals surface area contributed by atoms with Gasteiger partial charge in [0, 0.05) is 5.41 Å². The quantitative estimate of drug-likeness (QED) is 0.643. The third kappa shape index (κ3) is 0.980. The average molecular weight is 236 g/mol. The number of nitrogens with zero attached hydrogens (tertiary/aromatic N) is 2. The summed E-state index contributed by atoms with van der Waals surface area (Å²) < 4.78 is 9.07. The molecule has 0 aromatic rings. The molecule has 1 aliphatic rings. The Morgan fingerprint density at radius 3 is 1.41 bits per heavy atom. The lowest BCUT2D eigenvalue weighted by Gasteiger charge is -2.09. The summed E-state index contributed by atoms with van der Waals surface area (Å²) in [5, 5.41) is 18.4. The molecular formula is C11H12N2O4. The van der Waals surface area contributed by atoms with E-state index in [-0.39, 0.29) is 0 Å². The van der Waals surface area contributed by atoms with Gasteiger partial charge in [0.15, 0.2) is 10.8 Å². The molecule has 1 fully saturated rings. The Morgan fingerprint density at radius 2 is 1.24 bits per heavy atom. The molecule has 6 nitrogen and oxygen atoms in total. The topological polar surface area (TPSA) is 100 Å². The molecule has 1 rings (SSSR count). The van der Waals surface area contributed by atoms with E-state index in [0.29, 0.717) is 0 Å². The molecule has 0 radical (unpaired) electrons. The fraction of sp³-hybridized carbons (Fsp3) is 0.636. The Labute approximate surface area is 98.7 Å². The third-order valence-electron chi connectivity index (χ3n) is 3.69. The maximum Gasteiger partial charge on any atom is 0.329 e. The molecule has 1 saturated carbocycles. The van der Waals surface area contributed by atoms with E-state index in [2.05, 4.69) is 9.47 Å². The number of carbonyl (C=O) groups is 2. The highest BCUT2D eigenvalue weighted by Crippen LogP contribution is 2.78. The predicted molar refractivity (Wildman–Crippen MR) is 53.9 cm³/mol. The fourth-order valence-electron chi connectivity index (χ4n) is 2.54. The van der Waals surface area contributed by atoms with Crippen molar-refractivity contribution >= 4 is 11.9 Å². The second-order valence-electron chi connectivity index (χ2n) is 4.33. The van der Waals surface area contributed by atoms with Gasteiger partial charge in [0.25, 0.3) is 0 Å². The van der Waals surface area contributed by atoms with E-state index in [1.165, 1.54) is 13.8 Å². The number of methoxy groups -OCH3 is 2. The van der Waals surface area contributed by atoms with Gasteiger partial charge in [-0.15, -0.1) is 0 Å². The van der Waals surface area contributed by atoms with Crippen molar-refractivity contribution in [3.8, 4) is 12.1 Å². The summed E-state index contributed by atoms with van der Waals surface area (Å²) in [7, 11) is 2.21. The molecule has 0 saturated heterocycles. The minimum atomic E-state index is -1.81. The molecule has 0 aromatic carbocycles. The number of nitriles is 2. The normalized spacial score (nSPS) is 32.8. The second-order valence-corrected chi connectivity index (χ2v) is 4.33. The van der Waals surface area contributed by atoms with Crippen molar-refractivity contribution in [1.82, 2.24) is 0 Å². The molecule has 0 aliphatic heterocycles. The summed E-state index contributed by atoms with van der Waals surface area (Å²) in [6.45, 7) is 2.99. The molecule has 0 bridgehead atoms. The van der Waals surface area contributed by atoms with Gasteiger partial charge in [-0.25, -0.2) is 0 Å². The van der Waals surface area contributed by atoms with Crippen molar-refractivity contribution in [3.63, 3.8) is 0 Å². The molecule has 0 unspecified atom stereocenters. The van der Waals surface area contributed by atoms with Crippen LogP contribution in [0.15, 0.2) is 0 Å². The molecule has 1 aliphatic carbocycles. The van der Waals surface area contributed by atoms with Crippen LogP contribution in [0.4, 0.5) is 0 Å². The van der Waals surface area contributed by atoms with Gasteiger partial charge >= 0.3 is 11.9 Å². The van der Waals surface area contributed by atoms with Crippen molar-refractivity contribution in [1.29, 1.82) is 10.5 Å². The Hall–Kier alpha value is -2.08. The van der Waals surface area contributed by atoms with Crippen LogP contribution >= 0.6 is 0 Å². The van der Waals surface area contributed by atoms with Gasteiger partial charge in [0.05, 0.1) is 26.4 Å². The van der Waals surface area contributed by atoms with Gasteiger partial charge in [0.2, 0.25) is 0 Å². The molecular weight excluding hydrogens is 224 g/mol. The SMILES string of the molecule is COC(=O)[C@@]1(C#N)C(C)(C)[C@@]1(C#N)C(=O)OC. The first-order valence-electron chi connectivity index (χ1n) is 4.83. The van der Waals surface area contributed by atoms with Crippen LogP contribution in [0.1, 0.15) is 13.8 Å². The largest absolute Gasteiger partial charge is 0.468 e. The molecule has 6 heteroatoms. The highest BCUT2D eigenvalue weighted by molar-refractivity contribution is 6.02. The number of hydrogen-bond acceptors (Lipinski definition) is 6. The zero-order valence-corrected chi connectivity index (χ0v) is 10.0. The van der Waals surface area contributed by atoms with E-state index >= 15 is 0 Å². The molecule has 0 spiro atoms. The Balaban J connectivity index is 3.49. The molecule has 17 heavy (non-hydrogen) atoms. The van der Waals surface area contributed by atoms with Crippen molar-refractivity contribution in [2.45, 2.75) is 13.8 Å². The lowest BCUT2D eigenvalue weighted by molar-refractivity contribution is -0.153. The summed E-state index contributed by atoms with van der Waals surface area (Å²) in [4.78, 5) is 23.5. The number of rotatable bonds is 2. The molecule has 0 heterocycles. The second kappa shape index (κ2) is 3.46. The first-order chi connectivity index (χ1) is 7.83. The fourth-order valence-corrected chi connectivity index (χ4v) is 2.54. The van der Waals surface area contributed by atoms with Crippen LogP contribution < -0.4 is 0 Å². The van der Waals surface area contributed by atoms with Gasteiger partial charge in [0.1, 0.15) is 0 Å². The van der Waals surface area contributed by atoms with E-state index in [1.54, 1.807) is 12.1 Å². The number of hydrogen-bond donors (Lipinski definition) is 0. The maximum absolute atomic E-state index is 11.7. The Kier molecular flexibility index (Phi) is 2.64. The summed E-state index contributed by atoms with van der Waals surface area (Å²) in [6, 6.07) is 3.51. The van der Waals surface area contributed by atoms with Crippen LogP contribution in [-0.2, 0) is 19.1 Å². The monoisotopic (exact) mass is 236 g/mol. The van der Waals surface area contributed by atoms with E-state index in [0.717, 1.165) is 14.2 Å². The zero-order chi connectivity index (χ0) is 13.5. The number of carbonyl (C=O) groups excluding carboxylic acids is 2. The summed E-state index contributed by atoms with van der Waals surface area (Å²) in [5.74, 6) is -1.78. The van der Waals surface area contributed by atoms with Crippen LogP contribution in [0.5, 0.6) is 0 Å². The minimum absolute atomic E-state index is 0.892. The first-order valence-corrected chi connectivity index (χ1v) is 4.83. The van der Waals surface area contributed by atoms with Crippen LogP contribution in [0.3, 0.4) is 0 Å². The van der Waals surface area contributed by atoms with Crippen LogP contribution in [0, 0.1) is 38.9 Å². The molecule has 0 aromatic heterocycles. The highest BCUT2D eigenvalue weighted by Gasteiger charge is 2.93. The van der Waals surface area contributed by atoms with Gasteiger partial charge < -0.3 is 9.47 Å². The molecule has 0 N–H and O–H groups in total.